The van der Waals surface area contributed by atoms with Crippen LogP contribution < -0.4 is 4.74 Å². The minimum atomic E-state index is 0.141. The topological polar surface area (TPSA) is 36.0 Å². The van der Waals surface area contributed by atoms with E-state index in [4.69, 9.17) is 4.74 Å². The molecule has 5 heteroatoms. The van der Waals surface area contributed by atoms with E-state index in [1.807, 2.05) is 36.2 Å². The molecule has 2 aliphatic heterocycles. The van der Waals surface area contributed by atoms with Gasteiger partial charge in [0.05, 0.1) is 12.5 Å². The lowest BCUT2D eigenvalue weighted by Gasteiger charge is -2.41. The fourth-order valence-corrected chi connectivity index (χ4v) is 4.26. The average Bonchev–Trinajstić information content (AvgIpc) is 2.69. The Kier molecular flexibility index (Phi) is 7.13. The summed E-state index contributed by atoms with van der Waals surface area (Å²) in [4.78, 5) is 19.7. The van der Waals surface area contributed by atoms with E-state index >= 15 is 0 Å². The predicted molar refractivity (Wildman–Crippen MR) is 109 cm³/mol. The van der Waals surface area contributed by atoms with Gasteiger partial charge in [0, 0.05) is 19.6 Å². The van der Waals surface area contributed by atoms with Crippen LogP contribution in [0.2, 0.25) is 0 Å². The van der Waals surface area contributed by atoms with Crippen LogP contribution in [0.25, 0.3) is 0 Å². The van der Waals surface area contributed by atoms with Crippen LogP contribution in [-0.2, 0) is 4.79 Å². The van der Waals surface area contributed by atoms with Crippen LogP contribution in [0.5, 0.6) is 5.75 Å². The third-order valence-corrected chi connectivity index (χ3v) is 6.10. The van der Waals surface area contributed by atoms with Gasteiger partial charge in [-0.3, -0.25) is 9.69 Å². The molecule has 2 aliphatic rings. The van der Waals surface area contributed by atoms with Crippen molar-refractivity contribution >= 4 is 5.91 Å². The number of carbonyl (C=O) groups is 1. The van der Waals surface area contributed by atoms with E-state index in [1.165, 1.54) is 31.5 Å². The van der Waals surface area contributed by atoms with Gasteiger partial charge in [-0.25, -0.2) is 0 Å². The van der Waals surface area contributed by atoms with Crippen molar-refractivity contribution < 1.29 is 9.53 Å². The highest BCUT2D eigenvalue weighted by atomic mass is 16.5. The summed E-state index contributed by atoms with van der Waals surface area (Å²) in [5.41, 5.74) is 1.22. The number of likely N-dealkylation sites (N-methyl/N-ethyl adjacent to an activating group) is 1. The summed E-state index contributed by atoms with van der Waals surface area (Å²) in [6, 6.07) is 8.72. The Hall–Kier alpha value is -1.59. The van der Waals surface area contributed by atoms with Gasteiger partial charge in [-0.2, -0.15) is 0 Å². The second-order valence-corrected chi connectivity index (χ2v) is 8.29. The van der Waals surface area contributed by atoms with Crippen molar-refractivity contribution in [1.82, 2.24) is 14.7 Å². The maximum atomic E-state index is 12.9. The summed E-state index contributed by atoms with van der Waals surface area (Å²) in [5.74, 6) is 1.29. The van der Waals surface area contributed by atoms with Crippen molar-refractivity contribution in [2.24, 2.45) is 5.92 Å². The molecule has 2 heterocycles. The lowest BCUT2D eigenvalue weighted by molar-refractivity contribution is -0.136. The standard InChI is InChI=1S/C22H35N3O2/c1-18-6-8-21(9-7-18)27-16-15-24(3)22(26)19-5-4-12-25(17-19)20-10-13-23(2)14-11-20/h6-9,19-20H,4-5,10-17H2,1-3H3/t19-/m0/s1. The molecule has 0 aromatic heterocycles. The molecule has 0 aliphatic carbocycles. The Bertz CT molecular complexity index is 596. The zero-order valence-electron chi connectivity index (χ0n) is 17.2. The maximum absolute atomic E-state index is 12.9. The SMILES string of the molecule is Cc1ccc(OCCN(C)C(=O)[C@H]2CCCN(C3CCN(C)CC3)C2)cc1. The van der Waals surface area contributed by atoms with E-state index in [9.17, 15) is 4.79 Å². The summed E-state index contributed by atoms with van der Waals surface area (Å²) in [6.45, 7) is 7.67. The summed E-state index contributed by atoms with van der Waals surface area (Å²) >= 11 is 0. The first-order chi connectivity index (χ1) is 13.0. The van der Waals surface area contributed by atoms with Crippen LogP contribution in [0.3, 0.4) is 0 Å². The van der Waals surface area contributed by atoms with Gasteiger partial charge in [0.25, 0.3) is 0 Å². The number of aryl methyl sites for hydroxylation is 1. The van der Waals surface area contributed by atoms with Gasteiger partial charge in [0.15, 0.2) is 0 Å². The first-order valence-electron chi connectivity index (χ1n) is 10.4. The molecule has 0 radical (unpaired) electrons. The van der Waals surface area contributed by atoms with Crippen LogP contribution in [-0.4, -0.2) is 80.1 Å². The van der Waals surface area contributed by atoms with Crippen molar-refractivity contribution in [3.05, 3.63) is 29.8 Å². The number of benzene rings is 1. The molecule has 1 amide bonds. The van der Waals surface area contributed by atoms with E-state index in [-0.39, 0.29) is 11.8 Å². The third kappa shape index (κ3) is 5.69. The number of rotatable bonds is 6. The number of hydrogen-bond acceptors (Lipinski definition) is 4. The molecule has 3 rings (SSSR count). The van der Waals surface area contributed by atoms with Crippen LogP contribution in [0.15, 0.2) is 24.3 Å². The zero-order valence-corrected chi connectivity index (χ0v) is 17.2. The molecule has 5 nitrogen and oxygen atoms in total. The highest BCUT2D eigenvalue weighted by Crippen LogP contribution is 2.24. The molecule has 150 valence electrons. The van der Waals surface area contributed by atoms with Gasteiger partial charge in [0.1, 0.15) is 12.4 Å². The minimum Gasteiger partial charge on any atom is -0.492 e. The Morgan fingerprint density at radius 1 is 1.15 bits per heavy atom. The van der Waals surface area contributed by atoms with Crippen LogP contribution >= 0.6 is 0 Å². The lowest BCUT2D eigenvalue weighted by atomic mass is 9.93. The quantitative estimate of drug-likeness (QED) is 0.768. The Morgan fingerprint density at radius 3 is 2.56 bits per heavy atom. The maximum Gasteiger partial charge on any atom is 0.226 e. The Labute approximate surface area is 164 Å². The monoisotopic (exact) mass is 373 g/mol. The lowest BCUT2D eigenvalue weighted by Crippen LogP contribution is -2.50. The van der Waals surface area contributed by atoms with Gasteiger partial charge in [-0.15, -0.1) is 0 Å². The second kappa shape index (κ2) is 9.56. The number of hydrogen-bond donors (Lipinski definition) is 0. The van der Waals surface area contributed by atoms with Gasteiger partial charge < -0.3 is 14.5 Å². The number of piperidine rings is 2. The van der Waals surface area contributed by atoms with Gasteiger partial charge in [-0.05, 0) is 71.4 Å². The van der Waals surface area contributed by atoms with E-state index in [1.54, 1.807) is 0 Å². The molecule has 0 saturated carbocycles. The largest absolute Gasteiger partial charge is 0.492 e. The van der Waals surface area contributed by atoms with Crippen molar-refractivity contribution in [2.75, 3.05) is 53.4 Å². The van der Waals surface area contributed by atoms with E-state index in [0.717, 1.165) is 31.7 Å². The highest BCUT2D eigenvalue weighted by Gasteiger charge is 2.32. The number of carbonyl (C=O) groups excluding carboxylic acids is 1. The van der Waals surface area contributed by atoms with E-state index < -0.39 is 0 Å². The van der Waals surface area contributed by atoms with Gasteiger partial charge in [0.2, 0.25) is 5.91 Å². The molecule has 27 heavy (non-hydrogen) atoms. The molecule has 0 spiro atoms. The summed E-state index contributed by atoms with van der Waals surface area (Å²) in [6.07, 6.45) is 4.62. The first kappa shape index (κ1) is 20.2. The first-order valence-corrected chi connectivity index (χ1v) is 10.4. The zero-order chi connectivity index (χ0) is 19.2. The van der Waals surface area contributed by atoms with Crippen LogP contribution in [0.1, 0.15) is 31.2 Å². The molecular weight excluding hydrogens is 338 g/mol. The fourth-order valence-electron chi connectivity index (χ4n) is 4.26. The average molecular weight is 374 g/mol. The molecule has 2 fully saturated rings. The van der Waals surface area contributed by atoms with E-state index in [0.29, 0.717) is 19.2 Å². The van der Waals surface area contributed by atoms with Crippen molar-refractivity contribution in [1.29, 1.82) is 0 Å². The Morgan fingerprint density at radius 2 is 1.85 bits per heavy atom. The second-order valence-electron chi connectivity index (χ2n) is 8.29. The molecule has 1 aromatic rings. The van der Waals surface area contributed by atoms with Crippen molar-refractivity contribution in [3.8, 4) is 5.75 Å². The molecule has 1 aromatic carbocycles. The molecule has 1 atom stereocenters. The normalized spacial score (nSPS) is 22.6. The highest BCUT2D eigenvalue weighted by molar-refractivity contribution is 5.78. The van der Waals surface area contributed by atoms with Crippen molar-refractivity contribution in [2.45, 2.75) is 38.6 Å². The summed E-state index contributed by atoms with van der Waals surface area (Å²) in [7, 11) is 4.11. The van der Waals surface area contributed by atoms with Gasteiger partial charge in [-0.1, -0.05) is 17.7 Å². The molecular formula is C22H35N3O2. The number of likely N-dealkylation sites (tertiary alicyclic amines) is 2. The predicted octanol–water partition coefficient (Wildman–Crippen LogP) is 2.64. The number of nitrogens with zero attached hydrogens (tertiary/aromatic N) is 3. The molecule has 0 bridgehead atoms. The summed E-state index contributed by atoms with van der Waals surface area (Å²) in [5, 5.41) is 0. The smallest absolute Gasteiger partial charge is 0.226 e. The van der Waals surface area contributed by atoms with Crippen molar-refractivity contribution in [3.63, 3.8) is 0 Å². The van der Waals surface area contributed by atoms with Crippen LogP contribution in [0.4, 0.5) is 0 Å². The van der Waals surface area contributed by atoms with Crippen LogP contribution in [0, 0.1) is 12.8 Å². The van der Waals surface area contributed by atoms with E-state index in [2.05, 4.69) is 23.8 Å². The number of ether oxygens (including phenoxy) is 1. The fraction of sp³-hybridized carbons (Fsp3) is 0.682. The molecule has 2 saturated heterocycles. The molecule has 0 N–H and O–H groups in total. The molecule has 0 unspecified atom stereocenters. The minimum absolute atomic E-state index is 0.141. The Balaban J connectivity index is 1.43. The number of amides is 1. The summed E-state index contributed by atoms with van der Waals surface area (Å²) < 4.78 is 5.79. The third-order valence-electron chi connectivity index (χ3n) is 6.10. The van der Waals surface area contributed by atoms with Gasteiger partial charge >= 0.3 is 0 Å².